The third kappa shape index (κ3) is 8.63. The highest BCUT2D eigenvalue weighted by Gasteiger charge is 2.14. The first kappa shape index (κ1) is 31.2. The number of nitrogens with one attached hydrogen (secondary N) is 1. The number of imidazole rings is 1. The van der Waals surface area contributed by atoms with Gasteiger partial charge in [0.05, 0.1) is 25.8 Å². The molecule has 0 atom stereocenters. The number of ether oxygens (including phenoxy) is 4. The Morgan fingerprint density at radius 2 is 1.21 bits per heavy atom. The molecular weight excluding hydrogens is 528 g/mol. The molecule has 0 aliphatic rings. The van der Waals surface area contributed by atoms with Crippen LogP contribution in [-0.2, 0) is 0 Å². The zero-order chi connectivity index (χ0) is 29.7. The molecule has 8 nitrogen and oxygen atoms in total. The summed E-state index contributed by atoms with van der Waals surface area (Å²) in [6.07, 6.45) is 1.92. The second-order valence-corrected chi connectivity index (χ2v) is 10.2. The predicted molar refractivity (Wildman–Crippen MR) is 170 cm³/mol. The minimum Gasteiger partial charge on any atom is -0.497 e. The van der Waals surface area contributed by atoms with Crippen LogP contribution < -0.4 is 18.9 Å². The number of aromatic amines is 1. The van der Waals surface area contributed by atoms with Gasteiger partial charge < -0.3 is 33.7 Å². The van der Waals surface area contributed by atoms with Crippen LogP contribution in [0.5, 0.6) is 28.7 Å². The Hall–Kier alpha value is -3.75. The molecule has 1 aromatic heterocycles. The highest BCUT2D eigenvalue weighted by atomic mass is 16.5. The molecule has 0 fully saturated rings. The van der Waals surface area contributed by atoms with E-state index in [9.17, 15) is 0 Å². The number of methoxy groups -OCH3 is 1. The van der Waals surface area contributed by atoms with Crippen molar-refractivity contribution in [3.05, 3.63) is 60.7 Å². The number of benzene rings is 3. The third-order valence-corrected chi connectivity index (χ3v) is 7.50. The molecule has 4 rings (SSSR count). The van der Waals surface area contributed by atoms with Gasteiger partial charge >= 0.3 is 0 Å². The smallest absolute Gasteiger partial charge is 0.150 e. The SMILES string of the molecule is CCN(CC)CCCOc1cc(OCCCN(CC)CC)c2nc(-c3ccc(Oc4ccc(OC)cc4)cc3)[nH]c2c1. The molecule has 0 unspecified atom stereocenters. The number of fused-ring (bicyclic) bond motifs is 1. The van der Waals surface area contributed by atoms with E-state index in [1.165, 1.54) is 0 Å². The topological polar surface area (TPSA) is 72.1 Å². The number of hydrogen-bond acceptors (Lipinski definition) is 7. The van der Waals surface area contributed by atoms with Gasteiger partial charge in [0.2, 0.25) is 0 Å². The fourth-order valence-corrected chi connectivity index (χ4v) is 4.88. The van der Waals surface area contributed by atoms with E-state index in [2.05, 4.69) is 42.5 Å². The lowest BCUT2D eigenvalue weighted by Gasteiger charge is -2.18. The highest BCUT2D eigenvalue weighted by molar-refractivity contribution is 5.86. The Labute approximate surface area is 250 Å². The van der Waals surface area contributed by atoms with Crippen LogP contribution in [0.1, 0.15) is 40.5 Å². The Bertz CT molecular complexity index is 1350. The van der Waals surface area contributed by atoms with E-state index in [0.717, 1.165) is 103 Å². The maximum atomic E-state index is 6.30. The highest BCUT2D eigenvalue weighted by Crippen LogP contribution is 2.33. The molecule has 0 amide bonds. The van der Waals surface area contributed by atoms with Gasteiger partial charge in [-0.1, -0.05) is 27.7 Å². The maximum Gasteiger partial charge on any atom is 0.150 e. The summed E-state index contributed by atoms with van der Waals surface area (Å²) < 4.78 is 23.7. The maximum absolute atomic E-state index is 6.30. The van der Waals surface area contributed by atoms with E-state index < -0.39 is 0 Å². The average molecular weight is 575 g/mol. The number of H-pyrrole nitrogens is 1. The lowest BCUT2D eigenvalue weighted by Crippen LogP contribution is -2.25. The Kier molecular flexibility index (Phi) is 11.9. The molecule has 42 heavy (non-hydrogen) atoms. The quantitative estimate of drug-likeness (QED) is 0.126. The van der Waals surface area contributed by atoms with Crippen LogP contribution in [0.2, 0.25) is 0 Å². The molecule has 226 valence electrons. The summed E-state index contributed by atoms with van der Waals surface area (Å²) in [6.45, 7) is 16.3. The molecule has 0 saturated carbocycles. The average Bonchev–Trinajstić information content (AvgIpc) is 3.46. The second-order valence-electron chi connectivity index (χ2n) is 10.2. The van der Waals surface area contributed by atoms with Crippen LogP contribution in [0.4, 0.5) is 0 Å². The lowest BCUT2D eigenvalue weighted by atomic mass is 10.2. The summed E-state index contributed by atoms with van der Waals surface area (Å²) in [7, 11) is 1.65. The first-order valence-electron chi connectivity index (χ1n) is 15.2. The summed E-state index contributed by atoms with van der Waals surface area (Å²) in [4.78, 5) is 13.2. The summed E-state index contributed by atoms with van der Waals surface area (Å²) in [5, 5.41) is 0. The summed E-state index contributed by atoms with van der Waals surface area (Å²) in [5.41, 5.74) is 2.66. The van der Waals surface area contributed by atoms with Gasteiger partial charge in [-0.2, -0.15) is 0 Å². The van der Waals surface area contributed by atoms with Crippen LogP contribution >= 0.6 is 0 Å². The normalized spacial score (nSPS) is 11.4. The van der Waals surface area contributed by atoms with Gasteiger partial charge in [0.15, 0.2) is 5.75 Å². The molecule has 0 aliphatic carbocycles. The third-order valence-electron chi connectivity index (χ3n) is 7.50. The van der Waals surface area contributed by atoms with E-state index in [0.29, 0.717) is 13.2 Å². The van der Waals surface area contributed by atoms with Gasteiger partial charge in [-0.15, -0.1) is 0 Å². The summed E-state index contributed by atoms with van der Waals surface area (Å²) in [6, 6.07) is 19.4. The molecule has 3 aromatic carbocycles. The number of aromatic nitrogens is 2. The fraction of sp³-hybridized carbons (Fsp3) is 0.441. The van der Waals surface area contributed by atoms with Crippen molar-refractivity contribution < 1.29 is 18.9 Å². The Balaban J connectivity index is 1.49. The first-order valence-corrected chi connectivity index (χ1v) is 15.2. The van der Waals surface area contributed by atoms with E-state index in [1.807, 2.05) is 60.7 Å². The largest absolute Gasteiger partial charge is 0.497 e. The molecule has 0 spiro atoms. The van der Waals surface area contributed by atoms with Crippen molar-refractivity contribution in [2.45, 2.75) is 40.5 Å². The van der Waals surface area contributed by atoms with Crippen LogP contribution in [0.25, 0.3) is 22.4 Å². The van der Waals surface area contributed by atoms with Gasteiger partial charge in [-0.3, -0.25) is 0 Å². The van der Waals surface area contributed by atoms with Crippen molar-refractivity contribution >= 4 is 11.0 Å². The summed E-state index contributed by atoms with van der Waals surface area (Å²) >= 11 is 0. The van der Waals surface area contributed by atoms with Crippen LogP contribution in [0.15, 0.2) is 60.7 Å². The Morgan fingerprint density at radius 3 is 1.79 bits per heavy atom. The molecule has 1 heterocycles. The van der Waals surface area contributed by atoms with Gasteiger partial charge in [-0.25, -0.2) is 4.98 Å². The van der Waals surface area contributed by atoms with Gasteiger partial charge in [0.1, 0.15) is 34.3 Å². The number of hydrogen-bond donors (Lipinski definition) is 1. The minimum atomic E-state index is 0.622. The van der Waals surface area contributed by atoms with E-state index in [-0.39, 0.29) is 0 Å². The van der Waals surface area contributed by atoms with Crippen LogP contribution in [0, 0.1) is 0 Å². The van der Waals surface area contributed by atoms with E-state index in [4.69, 9.17) is 23.9 Å². The molecule has 0 aliphatic heterocycles. The van der Waals surface area contributed by atoms with Crippen molar-refractivity contribution in [2.24, 2.45) is 0 Å². The first-order chi connectivity index (χ1) is 20.6. The van der Waals surface area contributed by atoms with Crippen molar-refractivity contribution in [3.63, 3.8) is 0 Å². The number of nitrogens with zero attached hydrogens (tertiary/aromatic N) is 3. The molecule has 1 N–H and O–H groups in total. The zero-order valence-electron chi connectivity index (χ0n) is 25.8. The van der Waals surface area contributed by atoms with Crippen molar-refractivity contribution in [3.8, 4) is 40.1 Å². The second kappa shape index (κ2) is 16.0. The van der Waals surface area contributed by atoms with Gasteiger partial charge in [0, 0.05) is 30.8 Å². The standard InChI is InChI=1S/C34H46N4O4/c1-6-37(7-2)20-10-22-40-30-24-31-33(32(25-30)41-23-11-21-38(8-3)9-4)36-34(35-31)26-12-14-28(15-13-26)42-29-18-16-27(39-5)17-19-29/h12-19,24-25H,6-11,20-23H2,1-5H3,(H,35,36). The molecule has 0 bridgehead atoms. The van der Waals surface area contributed by atoms with Crippen LogP contribution in [0.3, 0.4) is 0 Å². The summed E-state index contributed by atoms with van der Waals surface area (Å²) in [5.74, 6) is 4.60. The number of rotatable bonds is 18. The molecule has 8 heteroatoms. The molecule has 0 radical (unpaired) electrons. The van der Waals surface area contributed by atoms with Crippen LogP contribution in [-0.4, -0.2) is 79.4 Å². The zero-order valence-corrected chi connectivity index (χ0v) is 25.8. The Morgan fingerprint density at radius 1 is 0.667 bits per heavy atom. The molecule has 0 saturated heterocycles. The van der Waals surface area contributed by atoms with E-state index in [1.54, 1.807) is 7.11 Å². The van der Waals surface area contributed by atoms with Crippen molar-refractivity contribution in [1.29, 1.82) is 0 Å². The lowest BCUT2D eigenvalue weighted by molar-refractivity contribution is 0.243. The van der Waals surface area contributed by atoms with Crippen molar-refractivity contribution in [1.82, 2.24) is 19.8 Å². The molecule has 4 aromatic rings. The van der Waals surface area contributed by atoms with Gasteiger partial charge in [0.25, 0.3) is 0 Å². The monoisotopic (exact) mass is 574 g/mol. The molecular formula is C34H46N4O4. The fourth-order valence-electron chi connectivity index (χ4n) is 4.88. The van der Waals surface area contributed by atoms with E-state index >= 15 is 0 Å². The minimum absolute atomic E-state index is 0.622. The van der Waals surface area contributed by atoms with Gasteiger partial charge in [-0.05, 0) is 87.6 Å². The van der Waals surface area contributed by atoms with Crippen molar-refractivity contribution in [2.75, 3.05) is 59.6 Å². The predicted octanol–water partition coefficient (Wildman–Crippen LogP) is 7.25.